The topological polar surface area (TPSA) is 196 Å². The first-order valence-corrected chi connectivity index (χ1v) is 11.5. The van der Waals surface area contributed by atoms with Gasteiger partial charge in [-0.25, -0.2) is 18.0 Å². The van der Waals surface area contributed by atoms with Gasteiger partial charge in [-0.15, -0.1) is 0 Å². The van der Waals surface area contributed by atoms with Crippen molar-refractivity contribution in [2.45, 2.75) is 9.79 Å². The highest BCUT2D eigenvalue weighted by atomic mass is 32.2. The second-order valence-corrected chi connectivity index (χ2v) is 9.05. The molecular weight excluding hydrogens is 476 g/mol. The van der Waals surface area contributed by atoms with Crippen LogP contribution >= 0.6 is 0 Å². The van der Waals surface area contributed by atoms with Crippen molar-refractivity contribution in [2.75, 3.05) is 25.7 Å². The number of H-pyrrole nitrogens is 2. The normalized spacial score (nSPS) is 11.3. The molecule has 0 aliphatic carbocycles. The molecule has 0 saturated carbocycles. The van der Waals surface area contributed by atoms with Crippen molar-refractivity contribution in [3.8, 4) is 34.0 Å². The van der Waals surface area contributed by atoms with Crippen molar-refractivity contribution >= 4 is 21.5 Å². The van der Waals surface area contributed by atoms with Gasteiger partial charge in [-0.1, -0.05) is 0 Å². The van der Waals surface area contributed by atoms with E-state index in [-0.39, 0.29) is 11.4 Å². The molecule has 6 N–H and O–H groups in total. The van der Waals surface area contributed by atoms with Crippen LogP contribution in [-0.4, -0.2) is 42.6 Å². The van der Waals surface area contributed by atoms with E-state index < -0.39 is 42.6 Å². The first kappa shape index (κ1) is 23.5. The highest BCUT2D eigenvalue weighted by molar-refractivity contribution is 7.92. The number of nitrogen functional groups attached to an aromatic ring is 2. The number of nitrogens with zero attached hydrogens (tertiary/aromatic N) is 2. The highest BCUT2D eigenvalue weighted by Gasteiger charge is 2.33. The Morgan fingerprint density at radius 1 is 0.686 bits per heavy atom. The van der Waals surface area contributed by atoms with Crippen molar-refractivity contribution in [1.82, 2.24) is 19.9 Å². The zero-order chi connectivity index (χ0) is 25.3. The van der Waals surface area contributed by atoms with Crippen LogP contribution in [0, 0.1) is 0 Å². The number of hydrogen-bond donors (Lipinski definition) is 4. The monoisotopic (exact) mass is 496 g/mol. The number of sulfone groups is 1. The molecule has 4 rings (SSSR count). The van der Waals surface area contributed by atoms with Gasteiger partial charge >= 0.3 is 11.4 Å². The smallest absolute Gasteiger partial charge is 0.347 e. The Morgan fingerprint density at radius 2 is 1.03 bits per heavy atom. The SMILES string of the molecule is COc1ccc(-c2[nH]c(=O)nc(N)c2S(=O)(=O)c2c(N)nc(=O)[nH]c2-c2ccc(OC)cc2)cc1. The van der Waals surface area contributed by atoms with Crippen LogP contribution in [0.25, 0.3) is 22.5 Å². The maximum absolute atomic E-state index is 14.0. The van der Waals surface area contributed by atoms with Gasteiger partial charge in [-0.3, -0.25) is 0 Å². The molecular formula is C22H20N6O6S. The standard InChI is InChI=1S/C22H20N6O6S/c1-33-13-7-3-11(4-8-13)15-17(19(23)27-21(29)25-15)35(31,32)18-16(26-22(30)28-20(18)24)12-5-9-14(34-2)10-6-12/h3-10H,1-2H3,(H3,23,25,27,29)(H3,24,26,28,30). The molecule has 0 fully saturated rings. The molecule has 2 heterocycles. The predicted octanol–water partition coefficient (Wildman–Crippen LogP) is 1.20. The van der Waals surface area contributed by atoms with E-state index in [4.69, 9.17) is 20.9 Å². The summed E-state index contributed by atoms with van der Waals surface area (Å²) in [6.45, 7) is 0. The fraction of sp³-hybridized carbons (Fsp3) is 0.0909. The molecule has 180 valence electrons. The van der Waals surface area contributed by atoms with Crippen LogP contribution in [0.3, 0.4) is 0 Å². The fourth-order valence-electron chi connectivity index (χ4n) is 3.53. The van der Waals surface area contributed by atoms with Crippen LogP contribution in [0.5, 0.6) is 11.5 Å². The van der Waals surface area contributed by atoms with E-state index in [1.54, 1.807) is 48.5 Å². The minimum Gasteiger partial charge on any atom is -0.497 e. The molecule has 2 aromatic carbocycles. The summed E-state index contributed by atoms with van der Waals surface area (Å²) < 4.78 is 38.3. The molecule has 0 atom stereocenters. The van der Waals surface area contributed by atoms with E-state index in [1.807, 2.05) is 0 Å². The first-order chi connectivity index (χ1) is 16.6. The van der Waals surface area contributed by atoms with Crippen molar-refractivity contribution in [2.24, 2.45) is 0 Å². The van der Waals surface area contributed by atoms with Gasteiger partial charge in [0.25, 0.3) is 0 Å². The number of aromatic amines is 2. The van der Waals surface area contributed by atoms with Gasteiger partial charge in [0, 0.05) is 0 Å². The second kappa shape index (κ2) is 8.95. The highest BCUT2D eigenvalue weighted by Crippen LogP contribution is 2.38. The second-order valence-electron chi connectivity index (χ2n) is 7.22. The Labute approximate surface area is 198 Å². The van der Waals surface area contributed by atoms with E-state index in [9.17, 15) is 18.0 Å². The van der Waals surface area contributed by atoms with Gasteiger partial charge in [0.15, 0.2) is 11.6 Å². The molecule has 0 aliphatic rings. The number of nitrogens with one attached hydrogen (secondary N) is 2. The molecule has 0 spiro atoms. The van der Waals surface area contributed by atoms with Crippen LogP contribution in [0.4, 0.5) is 11.6 Å². The lowest BCUT2D eigenvalue weighted by Crippen LogP contribution is -2.23. The summed E-state index contributed by atoms with van der Waals surface area (Å²) in [4.78, 5) is 35.2. The number of anilines is 2. The van der Waals surface area contributed by atoms with Crippen LogP contribution in [0.1, 0.15) is 0 Å². The minimum atomic E-state index is -4.60. The minimum absolute atomic E-state index is 0.114. The number of rotatable bonds is 6. The molecule has 0 unspecified atom stereocenters. The summed E-state index contributed by atoms with van der Waals surface area (Å²) in [6, 6.07) is 12.5. The van der Waals surface area contributed by atoms with Gasteiger partial charge in [0.05, 0.1) is 25.6 Å². The Balaban J connectivity index is 2.02. The fourth-order valence-corrected chi connectivity index (χ4v) is 5.25. The number of aromatic nitrogens is 4. The number of benzene rings is 2. The van der Waals surface area contributed by atoms with Crippen molar-refractivity contribution in [1.29, 1.82) is 0 Å². The van der Waals surface area contributed by atoms with Crippen LogP contribution in [0.15, 0.2) is 67.9 Å². The molecule has 12 nitrogen and oxygen atoms in total. The van der Waals surface area contributed by atoms with Crippen LogP contribution in [-0.2, 0) is 9.84 Å². The summed E-state index contributed by atoms with van der Waals surface area (Å²) in [5.74, 6) is -0.0755. The lowest BCUT2D eigenvalue weighted by atomic mass is 10.1. The molecule has 0 aliphatic heterocycles. The van der Waals surface area contributed by atoms with Crippen LogP contribution < -0.4 is 32.3 Å². The Kier molecular flexibility index (Phi) is 6.01. The third-order valence-electron chi connectivity index (χ3n) is 5.12. The zero-order valence-electron chi connectivity index (χ0n) is 18.5. The van der Waals surface area contributed by atoms with E-state index in [2.05, 4.69) is 19.9 Å². The number of hydrogen-bond acceptors (Lipinski definition) is 10. The average molecular weight is 497 g/mol. The van der Waals surface area contributed by atoms with Crippen molar-refractivity contribution in [3.05, 3.63) is 69.5 Å². The molecule has 0 bridgehead atoms. The average Bonchev–Trinajstić information content (AvgIpc) is 2.82. The van der Waals surface area contributed by atoms with Gasteiger partial charge in [0.1, 0.15) is 21.3 Å². The summed E-state index contributed by atoms with van der Waals surface area (Å²) in [5.41, 5.74) is 10.6. The predicted molar refractivity (Wildman–Crippen MR) is 128 cm³/mol. The summed E-state index contributed by atoms with van der Waals surface area (Å²) in [7, 11) is -1.65. The number of methoxy groups -OCH3 is 2. The van der Waals surface area contributed by atoms with E-state index >= 15 is 0 Å². The van der Waals surface area contributed by atoms with Gasteiger partial charge in [0.2, 0.25) is 9.84 Å². The van der Waals surface area contributed by atoms with E-state index in [1.165, 1.54) is 14.2 Å². The molecule has 0 saturated heterocycles. The lowest BCUT2D eigenvalue weighted by molar-refractivity contribution is 0.415. The third-order valence-corrected chi connectivity index (χ3v) is 7.02. The van der Waals surface area contributed by atoms with Gasteiger partial charge in [-0.05, 0) is 59.7 Å². The van der Waals surface area contributed by atoms with Crippen molar-refractivity contribution in [3.63, 3.8) is 0 Å². The third kappa shape index (κ3) is 4.31. The summed E-state index contributed by atoms with van der Waals surface area (Å²) in [5, 5.41) is 0. The lowest BCUT2D eigenvalue weighted by Gasteiger charge is -2.16. The van der Waals surface area contributed by atoms with Crippen LogP contribution in [0.2, 0.25) is 0 Å². The number of ether oxygens (including phenoxy) is 2. The Hall–Kier alpha value is -4.65. The molecule has 0 amide bonds. The maximum atomic E-state index is 14.0. The molecule has 0 radical (unpaired) electrons. The quantitative estimate of drug-likeness (QED) is 0.301. The molecule has 13 heteroatoms. The van der Waals surface area contributed by atoms with Gasteiger partial charge < -0.3 is 30.9 Å². The summed E-state index contributed by atoms with van der Waals surface area (Å²) in [6.07, 6.45) is 0. The molecule has 2 aromatic heterocycles. The van der Waals surface area contributed by atoms with Gasteiger partial charge in [-0.2, -0.15) is 9.97 Å². The maximum Gasteiger partial charge on any atom is 0.347 e. The van der Waals surface area contributed by atoms with Crippen molar-refractivity contribution < 1.29 is 17.9 Å². The Bertz CT molecular complexity index is 1510. The largest absolute Gasteiger partial charge is 0.497 e. The van der Waals surface area contributed by atoms with E-state index in [0.717, 1.165) is 0 Å². The summed E-state index contributed by atoms with van der Waals surface area (Å²) >= 11 is 0. The zero-order valence-corrected chi connectivity index (χ0v) is 19.3. The first-order valence-electron chi connectivity index (χ1n) is 9.99. The molecule has 35 heavy (non-hydrogen) atoms. The Morgan fingerprint density at radius 3 is 1.34 bits per heavy atom. The van der Waals surface area contributed by atoms with E-state index in [0.29, 0.717) is 22.6 Å². The number of nitrogens with two attached hydrogens (primary N) is 2. The molecule has 4 aromatic rings.